The average molecular weight is 198 g/mol. The van der Waals surface area contributed by atoms with Gasteiger partial charge in [-0.1, -0.05) is 32.1 Å². The molecule has 0 aromatic carbocycles. The molecule has 4 nitrogen and oxygen atoms in total. The number of carbonyl (C=O) groups excluding carboxylic acids is 2. The van der Waals surface area contributed by atoms with Crippen molar-refractivity contribution in [1.82, 2.24) is 5.32 Å². The monoisotopic (exact) mass is 198 g/mol. The molecule has 80 valence electrons. The molecule has 1 aliphatic rings. The zero-order valence-electron chi connectivity index (χ0n) is 8.42. The fourth-order valence-corrected chi connectivity index (χ4v) is 2.01. The van der Waals surface area contributed by atoms with Gasteiger partial charge in [-0.25, -0.2) is 4.79 Å². The quantitative estimate of drug-likeness (QED) is 0.722. The van der Waals surface area contributed by atoms with E-state index in [1.54, 1.807) is 0 Å². The predicted molar refractivity (Wildman–Crippen MR) is 53.5 cm³/mol. The summed E-state index contributed by atoms with van der Waals surface area (Å²) in [6.07, 6.45) is 7.65. The number of rotatable bonds is 3. The minimum atomic E-state index is -0.751. The van der Waals surface area contributed by atoms with Gasteiger partial charge < -0.3 is 5.73 Å². The largest absolute Gasteiger partial charge is 0.351 e. The summed E-state index contributed by atoms with van der Waals surface area (Å²) in [6, 6.07) is -0.751. The van der Waals surface area contributed by atoms with Crippen molar-refractivity contribution in [3.8, 4) is 0 Å². The van der Waals surface area contributed by atoms with Crippen LogP contribution < -0.4 is 11.1 Å². The Morgan fingerprint density at radius 2 is 1.86 bits per heavy atom. The zero-order valence-corrected chi connectivity index (χ0v) is 8.42. The third-order valence-corrected chi connectivity index (χ3v) is 2.77. The van der Waals surface area contributed by atoms with E-state index in [2.05, 4.69) is 5.32 Å². The van der Waals surface area contributed by atoms with Gasteiger partial charge in [-0.05, 0) is 12.3 Å². The van der Waals surface area contributed by atoms with Gasteiger partial charge in [-0.15, -0.1) is 0 Å². The van der Waals surface area contributed by atoms with E-state index in [1.807, 2.05) is 0 Å². The van der Waals surface area contributed by atoms with E-state index in [-0.39, 0.29) is 5.91 Å². The summed E-state index contributed by atoms with van der Waals surface area (Å²) < 4.78 is 0. The van der Waals surface area contributed by atoms with Crippen molar-refractivity contribution in [3.05, 3.63) is 0 Å². The zero-order chi connectivity index (χ0) is 10.4. The molecule has 0 saturated heterocycles. The minimum absolute atomic E-state index is 0.247. The molecule has 0 aromatic heterocycles. The summed E-state index contributed by atoms with van der Waals surface area (Å²) in [5.74, 6) is 0.422. The molecule has 0 spiro atoms. The molecule has 14 heavy (non-hydrogen) atoms. The summed E-state index contributed by atoms with van der Waals surface area (Å²) in [5.41, 5.74) is 4.83. The molecule has 0 radical (unpaired) electrons. The number of imide groups is 1. The lowest BCUT2D eigenvalue weighted by molar-refractivity contribution is -0.120. The number of hydrogen-bond donors (Lipinski definition) is 2. The molecule has 0 atom stereocenters. The maximum absolute atomic E-state index is 11.1. The van der Waals surface area contributed by atoms with E-state index in [0.29, 0.717) is 12.3 Å². The first-order valence-electron chi connectivity index (χ1n) is 5.28. The Hall–Kier alpha value is -1.06. The first-order valence-corrected chi connectivity index (χ1v) is 5.28. The van der Waals surface area contributed by atoms with Crippen LogP contribution in [0, 0.1) is 5.92 Å². The van der Waals surface area contributed by atoms with Crippen LogP contribution in [0.15, 0.2) is 0 Å². The third-order valence-electron chi connectivity index (χ3n) is 2.77. The summed E-state index contributed by atoms with van der Waals surface area (Å²) in [6.45, 7) is 0. The minimum Gasteiger partial charge on any atom is -0.351 e. The first kappa shape index (κ1) is 11.0. The number of nitrogens with one attached hydrogen (secondary N) is 1. The second-order valence-corrected chi connectivity index (χ2v) is 3.96. The van der Waals surface area contributed by atoms with Crippen LogP contribution >= 0.6 is 0 Å². The topological polar surface area (TPSA) is 72.2 Å². The van der Waals surface area contributed by atoms with Gasteiger partial charge in [0.25, 0.3) is 0 Å². The Kier molecular flexibility index (Phi) is 4.43. The molecule has 0 heterocycles. The van der Waals surface area contributed by atoms with Crippen molar-refractivity contribution in [3.63, 3.8) is 0 Å². The molecule has 4 heteroatoms. The average Bonchev–Trinajstić information content (AvgIpc) is 2.15. The lowest BCUT2D eigenvalue weighted by Crippen LogP contribution is -2.35. The Bertz CT molecular complexity index is 210. The fraction of sp³-hybridized carbons (Fsp3) is 0.800. The van der Waals surface area contributed by atoms with Crippen LogP contribution in [-0.4, -0.2) is 11.9 Å². The third kappa shape index (κ3) is 4.25. The Labute approximate surface area is 84.2 Å². The van der Waals surface area contributed by atoms with Crippen molar-refractivity contribution >= 4 is 11.9 Å². The Morgan fingerprint density at radius 1 is 1.21 bits per heavy atom. The van der Waals surface area contributed by atoms with Crippen LogP contribution in [-0.2, 0) is 4.79 Å². The standard InChI is InChI=1S/C10H18N2O2/c11-10(14)12-9(13)7-6-8-4-2-1-3-5-8/h8H,1-7H2,(H3,11,12,13,14). The van der Waals surface area contributed by atoms with Crippen LogP contribution in [0.25, 0.3) is 0 Å². The number of primary amides is 1. The molecule has 3 amide bonds. The predicted octanol–water partition coefficient (Wildman–Crippen LogP) is 1.54. The summed E-state index contributed by atoms with van der Waals surface area (Å²) in [5, 5.41) is 2.08. The summed E-state index contributed by atoms with van der Waals surface area (Å²) in [4.78, 5) is 21.4. The summed E-state index contributed by atoms with van der Waals surface area (Å²) >= 11 is 0. The molecule has 1 fully saturated rings. The number of nitrogens with two attached hydrogens (primary N) is 1. The number of urea groups is 1. The van der Waals surface area contributed by atoms with E-state index in [4.69, 9.17) is 5.73 Å². The van der Waals surface area contributed by atoms with E-state index in [0.717, 1.165) is 6.42 Å². The lowest BCUT2D eigenvalue weighted by atomic mass is 9.86. The van der Waals surface area contributed by atoms with Crippen LogP contribution in [0.4, 0.5) is 4.79 Å². The first-order chi connectivity index (χ1) is 6.68. The van der Waals surface area contributed by atoms with Crippen LogP contribution in [0.3, 0.4) is 0 Å². The lowest BCUT2D eigenvalue weighted by Gasteiger charge is -2.20. The molecular formula is C10H18N2O2. The van der Waals surface area contributed by atoms with Gasteiger partial charge in [0.2, 0.25) is 5.91 Å². The van der Waals surface area contributed by atoms with Crippen molar-refractivity contribution in [2.45, 2.75) is 44.9 Å². The van der Waals surface area contributed by atoms with Crippen LogP contribution in [0.2, 0.25) is 0 Å². The molecule has 1 rings (SSSR count). The number of carbonyl (C=O) groups is 2. The van der Waals surface area contributed by atoms with Gasteiger partial charge >= 0.3 is 6.03 Å². The highest BCUT2D eigenvalue weighted by Crippen LogP contribution is 2.26. The van der Waals surface area contributed by atoms with Crippen LogP contribution in [0.5, 0.6) is 0 Å². The van der Waals surface area contributed by atoms with Crippen molar-refractivity contribution in [2.75, 3.05) is 0 Å². The van der Waals surface area contributed by atoms with Gasteiger partial charge in [0.1, 0.15) is 0 Å². The van der Waals surface area contributed by atoms with Gasteiger partial charge in [-0.3, -0.25) is 10.1 Å². The maximum atomic E-state index is 11.1. The van der Waals surface area contributed by atoms with E-state index in [9.17, 15) is 9.59 Å². The molecule has 0 aromatic rings. The van der Waals surface area contributed by atoms with Crippen molar-refractivity contribution in [1.29, 1.82) is 0 Å². The van der Waals surface area contributed by atoms with Crippen molar-refractivity contribution < 1.29 is 9.59 Å². The smallest absolute Gasteiger partial charge is 0.318 e. The number of amides is 3. The van der Waals surface area contributed by atoms with Gasteiger partial charge in [-0.2, -0.15) is 0 Å². The normalized spacial score (nSPS) is 17.7. The highest BCUT2D eigenvalue weighted by molar-refractivity contribution is 5.93. The molecule has 1 saturated carbocycles. The highest BCUT2D eigenvalue weighted by Gasteiger charge is 2.14. The van der Waals surface area contributed by atoms with Crippen LogP contribution in [0.1, 0.15) is 44.9 Å². The summed E-state index contributed by atoms with van der Waals surface area (Å²) in [7, 11) is 0. The Balaban J connectivity index is 2.12. The molecule has 0 unspecified atom stereocenters. The highest BCUT2D eigenvalue weighted by atomic mass is 16.2. The SMILES string of the molecule is NC(=O)NC(=O)CCC1CCCCC1. The van der Waals surface area contributed by atoms with E-state index >= 15 is 0 Å². The molecular weight excluding hydrogens is 180 g/mol. The fourth-order valence-electron chi connectivity index (χ4n) is 2.01. The second-order valence-electron chi connectivity index (χ2n) is 3.96. The van der Waals surface area contributed by atoms with Gasteiger partial charge in [0, 0.05) is 6.42 Å². The molecule has 0 aliphatic heterocycles. The molecule has 1 aliphatic carbocycles. The van der Waals surface area contributed by atoms with Gasteiger partial charge in [0.05, 0.1) is 0 Å². The maximum Gasteiger partial charge on any atom is 0.318 e. The van der Waals surface area contributed by atoms with Crippen molar-refractivity contribution in [2.24, 2.45) is 11.7 Å². The van der Waals surface area contributed by atoms with Gasteiger partial charge in [0.15, 0.2) is 0 Å². The second kappa shape index (κ2) is 5.62. The number of hydrogen-bond acceptors (Lipinski definition) is 2. The Morgan fingerprint density at radius 3 is 2.43 bits per heavy atom. The molecule has 3 N–H and O–H groups in total. The van der Waals surface area contributed by atoms with E-state index < -0.39 is 6.03 Å². The van der Waals surface area contributed by atoms with E-state index in [1.165, 1.54) is 32.1 Å². The molecule has 0 bridgehead atoms.